The lowest BCUT2D eigenvalue weighted by atomic mass is 10.1. The van der Waals surface area contributed by atoms with Gasteiger partial charge >= 0.3 is 0 Å². The van der Waals surface area contributed by atoms with Crippen molar-refractivity contribution in [3.63, 3.8) is 0 Å². The lowest BCUT2D eigenvalue weighted by Gasteiger charge is -2.17. The molecule has 0 aromatic heterocycles. The number of carbonyl (C=O) groups excluding carboxylic acids is 1. The van der Waals surface area contributed by atoms with Gasteiger partial charge < -0.3 is 9.47 Å². The average molecular weight is 260 g/mol. The normalized spacial score (nSPS) is 12.1. The SMILES string of the molecule is COCC(Oc1cccc2ccccc12)C(=O)NN. The first kappa shape index (κ1) is 13.3. The quantitative estimate of drug-likeness (QED) is 0.481. The van der Waals surface area contributed by atoms with Gasteiger partial charge in [-0.05, 0) is 11.5 Å². The third-order valence-electron chi connectivity index (χ3n) is 2.77. The van der Waals surface area contributed by atoms with Crippen LogP contribution in [0.15, 0.2) is 42.5 Å². The van der Waals surface area contributed by atoms with E-state index < -0.39 is 12.0 Å². The second-order valence-electron chi connectivity index (χ2n) is 4.05. The Kier molecular flexibility index (Phi) is 4.33. The maximum atomic E-state index is 11.6. The molecule has 1 unspecified atom stereocenters. The number of amides is 1. The van der Waals surface area contributed by atoms with Crippen LogP contribution in [0.2, 0.25) is 0 Å². The smallest absolute Gasteiger partial charge is 0.277 e. The van der Waals surface area contributed by atoms with E-state index in [0.717, 1.165) is 10.8 Å². The molecule has 19 heavy (non-hydrogen) atoms. The van der Waals surface area contributed by atoms with Crippen molar-refractivity contribution >= 4 is 16.7 Å². The van der Waals surface area contributed by atoms with Crippen LogP contribution in [0.25, 0.3) is 10.8 Å². The van der Waals surface area contributed by atoms with E-state index in [-0.39, 0.29) is 6.61 Å². The predicted octanol–water partition coefficient (Wildman–Crippen LogP) is 1.22. The number of nitrogens with one attached hydrogen (secondary N) is 1. The van der Waals surface area contributed by atoms with Crippen LogP contribution in [0, 0.1) is 0 Å². The highest BCUT2D eigenvalue weighted by molar-refractivity contribution is 5.89. The van der Waals surface area contributed by atoms with Gasteiger partial charge in [-0.2, -0.15) is 0 Å². The lowest BCUT2D eigenvalue weighted by Crippen LogP contribution is -2.44. The van der Waals surface area contributed by atoms with Crippen LogP contribution in [0.3, 0.4) is 0 Å². The van der Waals surface area contributed by atoms with Crippen LogP contribution in [0.4, 0.5) is 0 Å². The molecular formula is C14H16N2O3. The number of fused-ring (bicyclic) bond motifs is 1. The predicted molar refractivity (Wildman–Crippen MR) is 72.6 cm³/mol. The minimum atomic E-state index is -0.777. The standard InChI is InChI=1S/C14H16N2O3/c1-18-9-13(14(17)16-15)19-12-8-4-6-10-5-2-3-7-11(10)12/h2-8,13H,9,15H2,1H3,(H,16,17). The zero-order valence-corrected chi connectivity index (χ0v) is 10.6. The first-order chi connectivity index (χ1) is 9.26. The summed E-state index contributed by atoms with van der Waals surface area (Å²) in [6.07, 6.45) is -0.777. The Hall–Kier alpha value is -2.11. The van der Waals surface area contributed by atoms with Crippen LogP contribution >= 0.6 is 0 Å². The third-order valence-corrected chi connectivity index (χ3v) is 2.77. The van der Waals surface area contributed by atoms with Gasteiger partial charge in [0.2, 0.25) is 6.10 Å². The van der Waals surface area contributed by atoms with Crippen LogP contribution in [0.1, 0.15) is 0 Å². The van der Waals surface area contributed by atoms with Gasteiger partial charge in [-0.25, -0.2) is 5.84 Å². The van der Waals surface area contributed by atoms with Gasteiger partial charge in [0.25, 0.3) is 5.91 Å². The second kappa shape index (κ2) is 6.17. The molecule has 0 saturated carbocycles. The van der Waals surface area contributed by atoms with E-state index in [9.17, 15) is 4.79 Å². The number of benzene rings is 2. The molecule has 0 aliphatic heterocycles. The Morgan fingerprint density at radius 2 is 2.00 bits per heavy atom. The van der Waals surface area contributed by atoms with Crippen molar-refractivity contribution in [1.82, 2.24) is 5.43 Å². The van der Waals surface area contributed by atoms with Gasteiger partial charge in [0.1, 0.15) is 5.75 Å². The van der Waals surface area contributed by atoms with Gasteiger partial charge in [0, 0.05) is 12.5 Å². The van der Waals surface area contributed by atoms with E-state index in [4.69, 9.17) is 15.3 Å². The van der Waals surface area contributed by atoms with Crippen molar-refractivity contribution in [2.45, 2.75) is 6.10 Å². The van der Waals surface area contributed by atoms with Crippen LogP contribution < -0.4 is 16.0 Å². The monoisotopic (exact) mass is 260 g/mol. The van der Waals surface area contributed by atoms with Gasteiger partial charge in [-0.3, -0.25) is 10.2 Å². The van der Waals surface area contributed by atoms with Crippen molar-refractivity contribution in [2.75, 3.05) is 13.7 Å². The van der Waals surface area contributed by atoms with Crippen LogP contribution in [-0.2, 0) is 9.53 Å². The molecule has 2 aromatic carbocycles. The number of methoxy groups -OCH3 is 1. The molecule has 5 heteroatoms. The second-order valence-corrected chi connectivity index (χ2v) is 4.05. The molecule has 0 bridgehead atoms. The average Bonchev–Trinajstić information content (AvgIpc) is 2.46. The molecule has 0 spiro atoms. The van der Waals surface area contributed by atoms with E-state index >= 15 is 0 Å². The van der Waals surface area contributed by atoms with Gasteiger partial charge in [-0.1, -0.05) is 36.4 Å². The fourth-order valence-electron chi connectivity index (χ4n) is 1.86. The molecule has 0 radical (unpaired) electrons. The number of hydrogen-bond acceptors (Lipinski definition) is 4. The third kappa shape index (κ3) is 3.01. The van der Waals surface area contributed by atoms with Crippen LogP contribution in [0.5, 0.6) is 5.75 Å². The van der Waals surface area contributed by atoms with Gasteiger partial charge in [0.05, 0.1) is 6.61 Å². The molecule has 2 rings (SSSR count). The highest BCUT2D eigenvalue weighted by Crippen LogP contribution is 2.26. The van der Waals surface area contributed by atoms with E-state index in [2.05, 4.69) is 5.43 Å². The Labute approximate surface area is 111 Å². The molecule has 2 aromatic rings. The minimum absolute atomic E-state index is 0.131. The van der Waals surface area contributed by atoms with Crippen molar-refractivity contribution in [1.29, 1.82) is 0 Å². The van der Waals surface area contributed by atoms with Crippen LogP contribution in [-0.4, -0.2) is 25.7 Å². The molecule has 3 N–H and O–H groups in total. The van der Waals surface area contributed by atoms with E-state index in [0.29, 0.717) is 5.75 Å². The Bertz CT molecular complexity index is 566. The summed E-state index contributed by atoms with van der Waals surface area (Å²) in [5.41, 5.74) is 2.07. The Morgan fingerprint density at radius 1 is 1.26 bits per heavy atom. The molecule has 0 fully saturated rings. The molecule has 5 nitrogen and oxygen atoms in total. The zero-order chi connectivity index (χ0) is 13.7. The van der Waals surface area contributed by atoms with E-state index in [1.165, 1.54) is 7.11 Å². The molecule has 0 heterocycles. The fourth-order valence-corrected chi connectivity index (χ4v) is 1.86. The summed E-state index contributed by atoms with van der Waals surface area (Å²) >= 11 is 0. The Balaban J connectivity index is 2.31. The molecule has 0 aliphatic rings. The summed E-state index contributed by atoms with van der Waals surface area (Å²) in [7, 11) is 1.50. The highest BCUT2D eigenvalue weighted by Gasteiger charge is 2.20. The van der Waals surface area contributed by atoms with E-state index in [1.54, 1.807) is 0 Å². The number of rotatable bonds is 5. The maximum Gasteiger partial charge on any atom is 0.277 e. The summed E-state index contributed by atoms with van der Waals surface area (Å²) in [5, 5.41) is 1.99. The van der Waals surface area contributed by atoms with Gasteiger partial charge in [0.15, 0.2) is 0 Å². The minimum Gasteiger partial charge on any atom is -0.477 e. The molecule has 1 amide bonds. The first-order valence-electron chi connectivity index (χ1n) is 5.90. The number of ether oxygens (including phenoxy) is 2. The maximum absolute atomic E-state index is 11.6. The largest absolute Gasteiger partial charge is 0.477 e. The summed E-state index contributed by atoms with van der Waals surface area (Å²) in [4.78, 5) is 11.6. The first-order valence-corrected chi connectivity index (χ1v) is 5.90. The van der Waals surface area contributed by atoms with E-state index in [1.807, 2.05) is 42.5 Å². The number of hydrazine groups is 1. The van der Waals surface area contributed by atoms with Crippen molar-refractivity contribution in [3.05, 3.63) is 42.5 Å². The summed E-state index contributed by atoms with van der Waals surface area (Å²) in [6, 6.07) is 13.5. The van der Waals surface area contributed by atoms with Crippen molar-refractivity contribution in [3.8, 4) is 5.75 Å². The van der Waals surface area contributed by atoms with Gasteiger partial charge in [-0.15, -0.1) is 0 Å². The molecule has 0 saturated heterocycles. The summed E-state index contributed by atoms with van der Waals surface area (Å²) in [6.45, 7) is 0.131. The number of hydrogen-bond donors (Lipinski definition) is 2. The topological polar surface area (TPSA) is 73.6 Å². The van der Waals surface area contributed by atoms with Crippen molar-refractivity contribution in [2.24, 2.45) is 5.84 Å². The number of carbonyl (C=O) groups is 1. The lowest BCUT2D eigenvalue weighted by molar-refractivity contribution is -0.130. The summed E-state index contributed by atoms with van der Waals surface area (Å²) in [5.74, 6) is 5.34. The molecule has 0 aliphatic carbocycles. The molecule has 100 valence electrons. The number of nitrogens with two attached hydrogens (primary N) is 1. The fraction of sp³-hybridized carbons (Fsp3) is 0.214. The molecule has 1 atom stereocenters. The molecular weight excluding hydrogens is 244 g/mol. The summed E-state index contributed by atoms with van der Waals surface area (Å²) < 4.78 is 10.7. The van der Waals surface area contributed by atoms with Crippen molar-refractivity contribution < 1.29 is 14.3 Å². The Morgan fingerprint density at radius 3 is 2.74 bits per heavy atom. The highest BCUT2D eigenvalue weighted by atomic mass is 16.5. The zero-order valence-electron chi connectivity index (χ0n) is 10.6.